The third kappa shape index (κ3) is 6.73. The fourth-order valence-corrected chi connectivity index (χ4v) is 5.90. The molecule has 0 unspecified atom stereocenters. The minimum absolute atomic E-state index is 0.0277. The van der Waals surface area contributed by atoms with Crippen LogP contribution in [-0.2, 0) is 4.79 Å². The van der Waals surface area contributed by atoms with Crippen molar-refractivity contribution in [2.75, 3.05) is 37.0 Å². The maximum Gasteiger partial charge on any atom is 0.227 e. The number of hydrogen-bond acceptors (Lipinski definition) is 7. The van der Waals surface area contributed by atoms with Crippen LogP contribution in [0.2, 0.25) is 0 Å². The van der Waals surface area contributed by atoms with E-state index in [4.69, 9.17) is 14.5 Å². The Morgan fingerprint density at radius 1 is 0.952 bits per heavy atom. The number of aromatic nitrogens is 4. The predicted octanol–water partition coefficient (Wildman–Crippen LogP) is 6.15. The van der Waals surface area contributed by atoms with E-state index < -0.39 is 0 Å². The number of anilines is 2. The molecular formula is C33H38N6O3. The molecular weight excluding hydrogens is 528 g/mol. The molecule has 9 heteroatoms. The van der Waals surface area contributed by atoms with Gasteiger partial charge in [-0.15, -0.1) is 0 Å². The highest BCUT2D eigenvalue weighted by Gasteiger charge is 2.26. The molecule has 2 aromatic carbocycles. The molecule has 1 N–H and O–H groups in total. The lowest BCUT2D eigenvalue weighted by Crippen LogP contribution is -2.38. The molecule has 1 amide bonds. The van der Waals surface area contributed by atoms with Gasteiger partial charge in [-0.1, -0.05) is 31.4 Å². The largest absolute Gasteiger partial charge is 0.497 e. The SMILES string of the molecule is COc1cc(NC(=O)C2CCN(c3ccnc(-c4cccc(-n5cccn5)c4)n3)CC2)cc(OCC2CCCCC2)c1. The number of nitrogens with zero attached hydrogens (tertiary/aromatic N) is 5. The van der Waals surface area contributed by atoms with Crippen molar-refractivity contribution in [3.63, 3.8) is 0 Å². The van der Waals surface area contributed by atoms with Gasteiger partial charge in [0, 0.05) is 67.0 Å². The van der Waals surface area contributed by atoms with E-state index in [-0.39, 0.29) is 11.8 Å². The van der Waals surface area contributed by atoms with E-state index in [2.05, 4.69) is 20.3 Å². The lowest BCUT2D eigenvalue weighted by molar-refractivity contribution is -0.120. The van der Waals surface area contributed by atoms with Crippen LogP contribution in [-0.4, -0.2) is 52.5 Å². The van der Waals surface area contributed by atoms with Gasteiger partial charge in [0.2, 0.25) is 5.91 Å². The minimum Gasteiger partial charge on any atom is -0.497 e. The Labute approximate surface area is 246 Å². The van der Waals surface area contributed by atoms with Crippen molar-refractivity contribution < 1.29 is 14.3 Å². The zero-order chi connectivity index (χ0) is 28.7. The summed E-state index contributed by atoms with van der Waals surface area (Å²) in [7, 11) is 1.64. The molecule has 3 heterocycles. The normalized spacial score (nSPS) is 16.3. The number of benzene rings is 2. The second-order valence-corrected chi connectivity index (χ2v) is 11.2. The van der Waals surface area contributed by atoms with Gasteiger partial charge >= 0.3 is 0 Å². The number of rotatable bonds is 9. The van der Waals surface area contributed by atoms with Gasteiger partial charge in [0.15, 0.2) is 5.82 Å². The Morgan fingerprint density at radius 2 is 1.79 bits per heavy atom. The van der Waals surface area contributed by atoms with Crippen LogP contribution < -0.4 is 19.7 Å². The van der Waals surface area contributed by atoms with Gasteiger partial charge in [-0.25, -0.2) is 14.6 Å². The summed E-state index contributed by atoms with van der Waals surface area (Å²) >= 11 is 0. The van der Waals surface area contributed by atoms with Crippen LogP contribution in [0.25, 0.3) is 17.1 Å². The van der Waals surface area contributed by atoms with Crippen LogP contribution in [0, 0.1) is 11.8 Å². The van der Waals surface area contributed by atoms with Crippen molar-refractivity contribution in [2.45, 2.75) is 44.9 Å². The molecule has 1 saturated heterocycles. The molecule has 0 spiro atoms. The standard InChI is InChI=1S/C33H38N6O3/c1-41-29-20-27(21-30(22-29)42-23-24-7-3-2-4-8-24)36-33(40)25-12-17-38(18-13-25)31-11-15-34-32(37-31)26-9-5-10-28(19-26)39-16-6-14-35-39/h5-6,9-11,14-16,19-22,24-25H,2-4,7-8,12-13,17-18,23H2,1H3,(H,36,40). The average Bonchev–Trinajstić information content (AvgIpc) is 3.60. The molecule has 1 aliphatic carbocycles. The number of carbonyl (C=O) groups is 1. The Kier molecular flexibility index (Phi) is 8.63. The highest BCUT2D eigenvalue weighted by Crippen LogP contribution is 2.30. The molecule has 1 saturated carbocycles. The lowest BCUT2D eigenvalue weighted by atomic mass is 9.90. The van der Waals surface area contributed by atoms with Crippen molar-refractivity contribution in [3.05, 3.63) is 73.2 Å². The van der Waals surface area contributed by atoms with Crippen LogP contribution >= 0.6 is 0 Å². The number of carbonyl (C=O) groups excluding carboxylic acids is 1. The van der Waals surface area contributed by atoms with Crippen LogP contribution in [0.4, 0.5) is 11.5 Å². The van der Waals surface area contributed by atoms with E-state index in [1.54, 1.807) is 19.5 Å². The van der Waals surface area contributed by atoms with E-state index in [9.17, 15) is 4.79 Å². The molecule has 0 atom stereocenters. The first-order chi connectivity index (χ1) is 20.6. The molecule has 4 aromatic rings. The van der Waals surface area contributed by atoms with Crippen molar-refractivity contribution in [3.8, 4) is 28.6 Å². The second-order valence-electron chi connectivity index (χ2n) is 11.2. The fourth-order valence-electron chi connectivity index (χ4n) is 5.90. The zero-order valence-corrected chi connectivity index (χ0v) is 24.1. The third-order valence-electron chi connectivity index (χ3n) is 8.30. The topological polar surface area (TPSA) is 94.4 Å². The van der Waals surface area contributed by atoms with Gasteiger partial charge in [-0.2, -0.15) is 5.10 Å². The number of hydrogen-bond donors (Lipinski definition) is 1. The number of piperidine rings is 1. The van der Waals surface area contributed by atoms with Gasteiger partial charge < -0.3 is 19.7 Å². The number of nitrogens with one attached hydrogen (secondary N) is 1. The van der Waals surface area contributed by atoms with Crippen molar-refractivity contribution in [2.24, 2.45) is 11.8 Å². The number of amides is 1. The van der Waals surface area contributed by atoms with Gasteiger partial charge in [-0.05, 0) is 55.9 Å². The average molecular weight is 567 g/mol. The molecule has 42 heavy (non-hydrogen) atoms. The van der Waals surface area contributed by atoms with Gasteiger partial charge in [0.25, 0.3) is 0 Å². The number of methoxy groups -OCH3 is 1. The predicted molar refractivity (Wildman–Crippen MR) is 163 cm³/mol. The van der Waals surface area contributed by atoms with Crippen LogP contribution in [0.3, 0.4) is 0 Å². The monoisotopic (exact) mass is 566 g/mol. The van der Waals surface area contributed by atoms with Crippen molar-refractivity contribution in [1.29, 1.82) is 0 Å². The summed E-state index contributed by atoms with van der Waals surface area (Å²) in [6, 6.07) is 17.5. The molecule has 6 rings (SSSR count). The highest BCUT2D eigenvalue weighted by molar-refractivity contribution is 5.93. The van der Waals surface area contributed by atoms with Crippen molar-refractivity contribution >= 4 is 17.4 Å². The summed E-state index contributed by atoms with van der Waals surface area (Å²) < 4.78 is 13.4. The molecule has 9 nitrogen and oxygen atoms in total. The maximum atomic E-state index is 13.3. The quantitative estimate of drug-likeness (QED) is 0.260. The van der Waals surface area contributed by atoms with Gasteiger partial charge in [0.1, 0.15) is 17.3 Å². The summed E-state index contributed by atoms with van der Waals surface area (Å²) in [6.45, 7) is 2.20. The van der Waals surface area contributed by atoms with E-state index in [0.29, 0.717) is 29.8 Å². The molecule has 2 aliphatic rings. The molecule has 0 radical (unpaired) electrons. The summed E-state index contributed by atoms with van der Waals surface area (Å²) in [4.78, 5) is 24.9. The lowest BCUT2D eigenvalue weighted by Gasteiger charge is -2.32. The zero-order valence-electron chi connectivity index (χ0n) is 24.1. The first kappa shape index (κ1) is 27.8. The van der Waals surface area contributed by atoms with Crippen molar-refractivity contribution in [1.82, 2.24) is 19.7 Å². The summed E-state index contributed by atoms with van der Waals surface area (Å²) in [5, 5.41) is 7.44. The van der Waals surface area contributed by atoms with Crippen LogP contribution in [0.5, 0.6) is 11.5 Å². The minimum atomic E-state index is -0.0777. The molecule has 2 fully saturated rings. The highest BCUT2D eigenvalue weighted by atomic mass is 16.5. The smallest absolute Gasteiger partial charge is 0.227 e. The van der Waals surface area contributed by atoms with Crippen LogP contribution in [0.1, 0.15) is 44.9 Å². The Bertz CT molecular complexity index is 1480. The first-order valence-corrected chi connectivity index (χ1v) is 15.0. The van der Waals surface area contributed by atoms with E-state index in [0.717, 1.165) is 48.7 Å². The molecule has 2 aromatic heterocycles. The number of ether oxygens (including phenoxy) is 2. The third-order valence-corrected chi connectivity index (χ3v) is 8.30. The fraction of sp³-hybridized carbons (Fsp3) is 0.394. The second kappa shape index (κ2) is 13.1. The summed E-state index contributed by atoms with van der Waals surface area (Å²) in [5.74, 6) is 3.50. The van der Waals surface area contributed by atoms with Crippen LogP contribution in [0.15, 0.2) is 73.2 Å². The Morgan fingerprint density at radius 3 is 2.57 bits per heavy atom. The van der Waals surface area contributed by atoms with Gasteiger partial charge in [-0.3, -0.25) is 4.79 Å². The van der Waals surface area contributed by atoms with E-state index >= 15 is 0 Å². The summed E-state index contributed by atoms with van der Waals surface area (Å²) in [6.07, 6.45) is 13.3. The van der Waals surface area contributed by atoms with E-state index in [1.807, 2.05) is 65.5 Å². The maximum absolute atomic E-state index is 13.3. The summed E-state index contributed by atoms with van der Waals surface area (Å²) in [5.41, 5.74) is 2.59. The Hall–Kier alpha value is -4.40. The Balaban J connectivity index is 1.06. The van der Waals surface area contributed by atoms with E-state index in [1.165, 1.54) is 32.1 Å². The molecule has 218 valence electrons. The van der Waals surface area contributed by atoms with Gasteiger partial charge in [0.05, 0.1) is 19.4 Å². The molecule has 1 aliphatic heterocycles. The first-order valence-electron chi connectivity index (χ1n) is 15.0. The molecule has 0 bridgehead atoms.